The molecule has 54 valence electrons. The summed E-state index contributed by atoms with van der Waals surface area (Å²) in [4.78, 5) is 19.6. The molecule has 0 spiro atoms. The quantitative estimate of drug-likeness (QED) is 0.334. The van der Waals surface area contributed by atoms with Crippen LogP contribution in [0.15, 0.2) is 12.2 Å². The van der Waals surface area contributed by atoms with Gasteiger partial charge >= 0.3 is 5.97 Å². The van der Waals surface area contributed by atoms with Crippen LogP contribution in [0, 0.1) is 5.41 Å². The number of carbonyl (C=O) groups excluding carboxylic acids is 1. The normalized spacial score (nSPS) is 9.60. The molecule has 10 heavy (non-hydrogen) atoms. The van der Waals surface area contributed by atoms with Gasteiger partial charge in [0.25, 0.3) is 0 Å². The molecular formula is C6H7NO3. The zero-order valence-corrected chi connectivity index (χ0v) is 5.20. The number of allylic oxidation sites excluding steroid dienone is 2. The van der Waals surface area contributed by atoms with Crippen molar-refractivity contribution in [2.24, 2.45) is 0 Å². The molecule has 0 heterocycles. The Balaban J connectivity index is 3.70. The van der Waals surface area contributed by atoms with E-state index in [1.165, 1.54) is 6.08 Å². The molecule has 0 aliphatic heterocycles. The van der Waals surface area contributed by atoms with Gasteiger partial charge in [-0.1, -0.05) is 6.08 Å². The van der Waals surface area contributed by atoms with Gasteiger partial charge in [-0.15, -0.1) is 0 Å². The third-order valence-corrected chi connectivity index (χ3v) is 0.795. The van der Waals surface area contributed by atoms with E-state index in [2.05, 4.69) is 0 Å². The van der Waals surface area contributed by atoms with Gasteiger partial charge < -0.3 is 5.11 Å². The summed E-state index contributed by atoms with van der Waals surface area (Å²) in [7, 11) is 0. The van der Waals surface area contributed by atoms with Crippen molar-refractivity contribution >= 4 is 18.0 Å². The molecule has 2 N–H and O–H groups in total. The summed E-state index contributed by atoms with van der Waals surface area (Å²) in [5, 5.41) is 14.9. The van der Waals surface area contributed by atoms with Gasteiger partial charge in [0.05, 0.1) is 0 Å². The summed E-state index contributed by atoms with van der Waals surface area (Å²) in [6.45, 7) is 0. The van der Waals surface area contributed by atoms with Crippen molar-refractivity contribution in [3.05, 3.63) is 12.2 Å². The predicted octanol–water partition coefficient (Wildman–Crippen LogP) is 0.236. The smallest absolute Gasteiger partial charge is 0.349 e. The maximum Gasteiger partial charge on any atom is 0.349 e. The molecule has 0 fully saturated rings. The highest BCUT2D eigenvalue weighted by molar-refractivity contribution is 6.34. The molecular weight excluding hydrogens is 134 g/mol. The van der Waals surface area contributed by atoms with Crippen LogP contribution in [0.2, 0.25) is 0 Å². The van der Waals surface area contributed by atoms with Crippen LogP contribution < -0.4 is 0 Å². The Morgan fingerprint density at radius 2 is 2.20 bits per heavy atom. The number of carbonyl (C=O) groups is 2. The maximum atomic E-state index is 9.95. The molecule has 0 rings (SSSR count). The standard InChI is InChI=1S/C6H7NO3/c7-5(6(9)10)3-1-2-4-8/h1-2,4,7H,3H2,(H,9,10)/b2-1-,7-5?. The van der Waals surface area contributed by atoms with Crippen LogP contribution in [-0.4, -0.2) is 23.1 Å². The number of aliphatic carboxylic acids is 1. The second-order valence-electron chi connectivity index (χ2n) is 1.55. The maximum absolute atomic E-state index is 9.95. The lowest BCUT2D eigenvalue weighted by atomic mass is 10.2. The van der Waals surface area contributed by atoms with E-state index in [-0.39, 0.29) is 6.42 Å². The lowest BCUT2D eigenvalue weighted by Crippen LogP contribution is -2.09. The fourth-order valence-electron chi connectivity index (χ4n) is 0.329. The zero-order chi connectivity index (χ0) is 7.98. The Morgan fingerprint density at radius 1 is 1.60 bits per heavy atom. The van der Waals surface area contributed by atoms with Crippen LogP contribution in [0.5, 0.6) is 0 Å². The number of aldehydes is 1. The fourth-order valence-corrected chi connectivity index (χ4v) is 0.329. The number of hydrogen-bond donors (Lipinski definition) is 2. The second kappa shape index (κ2) is 4.43. The molecule has 0 saturated carbocycles. The molecule has 0 bridgehead atoms. The first-order chi connectivity index (χ1) is 4.68. The third kappa shape index (κ3) is 3.54. The van der Waals surface area contributed by atoms with E-state index >= 15 is 0 Å². The Hall–Kier alpha value is -1.45. The van der Waals surface area contributed by atoms with Gasteiger partial charge in [-0.05, 0) is 6.08 Å². The van der Waals surface area contributed by atoms with Crippen molar-refractivity contribution in [3.63, 3.8) is 0 Å². The average molecular weight is 141 g/mol. The first-order valence-electron chi connectivity index (χ1n) is 2.59. The minimum Gasteiger partial charge on any atom is -0.477 e. The third-order valence-electron chi connectivity index (χ3n) is 0.795. The first-order valence-corrected chi connectivity index (χ1v) is 2.59. The van der Waals surface area contributed by atoms with Crippen LogP contribution in [0.1, 0.15) is 6.42 Å². The van der Waals surface area contributed by atoms with Crippen molar-refractivity contribution in [1.82, 2.24) is 0 Å². The largest absolute Gasteiger partial charge is 0.477 e. The van der Waals surface area contributed by atoms with Gasteiger partial charge in [-0.2, -0.15) is 0 Å². The number of carboxylic acids is 1. The van der Waals surface area contributed by atoms with Gasteiger partial charge in [0, 0.05) is 6.42 Å². The molecule has 0 amide bonds. The van der Waals surface area contributed by atoms with Crippen LogP contribution >= 0.6 is 0 Å². The Morgan fingerprint density at radius 3 is 2.60 bits per heavy atom. The molecule has 0 saturated heterocycles. The highest BCUT2D eigenvalue weighted by Gasteiger charge is 2.01. The lowest BCUT2D eigenvalue weighted by molar-refractivity contribution is -0.129. The van der Waals surface area contributed by atoms with Crippen LogP contribution in [-0.2, 0) is 9.59 Å². The summed E-state index contributed by atoms with van der Waals surface area (Å²) in [5.74, 6) is -1.25. The molecule has 0 radical (unpaired) electrons. The van der Waals surface area contributed by atoms with Crippen molar-refractivity contribution in [2.75, 3.05) is 0 Å². The highest BCUT2D eigenvalue weighted by Crippen LogP contribution is 1.84. The molecule has 0 aromatic carbocycles. The van der Waals surface area contributed by atoms with Crippen molar-refractivity contribution in [2.45, 2.75) is 6.42 Å². The molecule has 0 aromatic rings. The van der Waals surface area contributed by atoms with E-state index in [0.717, 1.165) is 6.08 Å². The summed E-state index contributed by atoms with van der Waals surface area (Å²) in [6, 6.07) is 0. The number of nitrogens with one attached hydrogen (secondary N) is 1. The van der Waals surface area contributed by atoms with Crippen LogP contribution in [0.4, 0.5) is 0 Å². The number of rotatable bonds is 4. The Labute approximate surface area is 57.7 Å². The molecule has 0 aromatic heterocycles. The predicted molar refractivity (Wildman–Crippen MR) is 35.2 cm³/mol. The van der Waals surface area contributed by atoms with Gasteiger partial charge in [0.15, 0.2) is 0 Å². The van der Waals surface area contributed by atoms with Gasteiger partial charge in [-0.3, -0.25) is 10.2 Å². The van der Waals surface area contributed by atoms with Gasteiger partial charge in [0.2, 0.25) is 0 Å². The number of carboxylic acid groups (broad SMARTS) is 1. The highest BCUT2D eigenvalue weighted by atomic mass is 16.4. The van der Waals surface area contributed by atoms with Crippen LogP contribution in [0.3, 0.4) is 0 Å². The first kappa shape index (κ1) is 8.55. The SMILES string of the molecule is N=C(C/C=C\C=O)C(=O)O. The Kier molecular flexibility index (Phi) is 3.79. The topological polar surface area (TPSA) is 78.2 Å². The average Bonchev–Trinajstić information content (AvgIpc) is 1.88. The lowest BCUT2D eigenvalue weighted by Gasteiger charge is -1.87. The molecule has 0 unspecified atom stereocenters. The van der Waals surface area contributed by atoms with Crippen molar-refractivity contribution < 1.29 is 14.7 Å². The fraction of sp³-hybridized carbons (Fsp3) is 0.167. The Bertz CT molecular complexity index is 183. The monoisotopic (exact) mass is 141 g/mol. The molecule has 4 heteroatoms. The van der Waals surface area contributed by atoms with Gasteiger partial charge in [0.1, 0.15) is 12.0 Å². The molecule has 4 nitrogen and oxygen atoms in total. The summed E-state index contributed by atoms with van der Waals surface area (Å²) in [6.07, 6.45) is 3.02. The molecule has 0 atom stereocenters. The summed E-state index contributed by atoms with van der Waals surface area (Å²) >= 11 is 0. The van der Waals surface area contributed by atoms with E-state index in [9.17, 15) is 9.59 Å². The number of hydrogen-bond acceptors (Lipinski definition) is 3. The summed E-state index contributed by atoms with van der Waals surface area (Å²) in [5.41, 5.74) is -0.418. The van der Waals surface area contributed by atoms with Crippen LogP contribution in [0.25, 0.3) is 0 Å². The zero-order valence-electron chi connectivity index (χ0n) is 5.20. The minimum atomic E-state index is -1.25. The van der Waals surface area contributed by atoms with Crippen molar-refractivity contribution in [1.29, 1.82) is 5.41 Å². The summed E-state index contributed by atoms with van der Waals surface area (Å²) < 4.78 is 0. The van der Waals surface area contributed by atoms with Crippen molar-refractivity contribution in [3.8, 4) is 0 Å². The van der Waals surface area contributed by atoms with E-state index < -0.39 is 11.7 Å². The van der Waals surface area contributed by atoms with E-state index in [1.54, 1.807) is 0 Å². The van der Waals surface area contributed by atoms with E-state index in [1.807, 2.05) is 0 Å². The van der Waals surface area contributed by atoms with Gasteiger partial charge in [-0.25, -0.2) is 4.79 Å². The second-order valence-corrected chi connectivity index (χ2v) is 1.55. The van der Waals surface area contributed by atoms with E-state index in [0.29, 0.717) is 6.29 Å². The minimum absolute atomic E-state index is 0.00588. The van der Waals surface area contributed by atoms with E-state index in [4.69, 9.17) is 10.5 Å². The molecule has 0 aliphatic rings. The molecule has 0 aliphatic carbocycles.